The average Bonchev–Trinajstić information content (AvgIpc) is 2.26. The smallest absolute Gasteiger partial charge is 0.0920 e. The highest BCUT2D eigenvalue weighted by Gasteiger charge is 2.11. The number of hydrogen-bond acceptors (Lipinski definition) is 3. The molecule has 0 radical (unpaired) electrons. The third-order valence-corrected chi connectivity index (χ3v) is 2.24. The van der Waals surface area contributed by atoms with Crippen LogP contribution < -0.4 is 5.32 Å². The van der Waals surface area contributed by atoms with E-state index >= 15 is 0 Å². The van der Waals surface area contributed by atoms with Crippen molar-refractivity contribution in [1.82, 2.24) is 5.32 Å². The third kappa shape index (κ3) is 3.46. The summed E-state index contributed by atoms with van der Waals surface area (Å²) in [6.07, 6.45) is -0.696. The molecule has 1 rings (SSSR count). The highest BCUT2D eigenvalue weighted by Crippen LogP contribution is 1.99. The zero-order chi connectivity index (χ0) is 10.4. The fourth-order valence-electron chi connectivity index (χ4n) is 1.17. The Kier molecular flexibility index (Phi) is 4.59. The zero-order valence-corrected chi connectivity index (χ0v) is 8.35. The monoisotopic (exact) mass is 195 g/mol. The first-order chi connectivity index (χ1) is 6.74. The molecular formula is C11H17NO2. The molecule has 3 heteroatoms. The van der Waals surface area contributed by atoms with Crippen LogP contribution in [0.15, 0.2) is 30.3 Å². The normalized spacial score (nSPS) is 15.1. The zero-order valence-electron chi connectivity index (χ0n) is 8.35. The minimum atomic E-state index is -0.696. The van der Waals surface area contributed by atoms with Gasteiger partial charge in [-0.1, -0.05) is 30.3 Å². The lowest BCUT2D eigenvalue weighted by molar-refractivity contribution is 0.0675. The van der Waals surface area contributed by atoms with Gasteiger partial charge in [-0.05, 0) is 12.5 Å². The molecular weight excluding hydrogens is 178 g/mol. The number of benzene rings is 1. The van der Waals surface area contributed by atoms with Crippen molar-refractivity contribution in [1.29, 1.82) is 0 Å². The summed E-state index contributed by atoms with van der Waals surface area (Å²) in [5.41, 5.74) is 1.17. The summed E-state index contributed by atoms with van der Waals surface area (Å²) in [6.45, 7) is 2.35. The van der Waals surface area contributed by atoms with Crippen LogP contribution in [0, 0.1) is 0 Å². The molecule has 0 bridgehead atoms. The third-order valence-electron chi connectivity index (χ3n) is 2.24. The van der Waals surface area contributed by atoms with Crippen LogP contribution in [-0.2, 0) is 6.54 Å². The lowest BCUT2D eigenvalue weighted by atomic mass is 10.1. The molecule has 78 valence electrons. The molecule has 14 heavy (non-hydrogen) atoms. The Balaban J connectivity index is 2.34. The Bertz CT molecular complexity index is 251. The molecule has 0 heterocycles. The molecule has 0 unspecified atom stereocenters. The van der Waals surface area contributed by atoms with Gasteiger partial charge in [0, 0.05) is 12.6 Å². The van der Waals surface area contributed by atoms with Gasteiger partial charge in [-0.15, -0.1) is 0 Å². The fraction of sp³-hybridized carbons (Fsp3) is 0.455. The predicted octanol–water partition coefficient (Wildman–Crippen LogP) is 0.518. The molecule has 0 saturated heterocycles. The van der Waals surface area contributed by atoms with Crippen LogP contribution in [-0.4, -0.2) is 29.0 Å². The Morgan fingerprint density at radius 2 is 1.93 bits per heavy atom. The number of aliphatic hydroxyl groups excluding tert-OH is 2. The Labute approximate surface area is 84.4 Å². The lowest BCUT2D eigenvalue weighted by Crippen LogP contribution is -2.38. The van der Waals surface area contributed by atoms with E-state index in [1.54, 1.807) is 0 Å². The van der Waals surface area contributed by atoms with Crippen molar-refractivity contribution in [2.45, 2.75) is 25.6 Å². The highest BCUT2D eigenvalue weighted by molar-refractivity contribution is 5.14. The van der Waals surface area contributed by atoms with E-state index in [2.05, 4.69) is 5.32 Å². The first kappa shape index (κ1) is 11.2. The minimum Gasteiger partial charge on any atom is -0.394 e. The van der Waals surface area contributed by atoms with Gasteiger partial charge in [-0.3, -0.25) is 0 Å². The molecule has 0 aliphatic rings. The van der Waals surface area contributed by atoms with E-state index < -0.39 is 6.10 Å². The van der Waals surface area contributed by atoms with Gasteiger partial charge >= 0.3 is 0 Å². The van der Waals surface area contributed by atoms with Crippen molar-refractivity contribution in [2.75, 3.05) is 6.61 Å². The topological polar surface area (TPSA) is 52.5 Å². The average molecular weight is 195 g/mol. The largest absolute Gasteiger partial charge is 0.394 e. The van der Waals surface area contributed by atoms with E-state index in [9.17, 15) is 5.11 Å². The molecule has 0 aromatic heterocycles. The van der Waals surface area contributed by atoms with Crippen molar-refractivity contribution in [3.8, 4) is 0 Å². The molecule has 1 aromatic carbocycles. The standard InChI is InChI=1S/C11H17NO2/c1-9(11(14)8-13)12-7-10-5-3-2-4-6-10/h2-6,9,11-14H,7-8H2,1H3/t9-,11+/m0/s1. The van der Waals surface area contributed by atoms with Gasteiger partial charge in [0.25, 0.3) is 0 Å². The summed E-state index contributed by atoms with van der Waals surface area (Å²) in [5, 5.41) is 21.1. The maximum absolute atomic E-state index is 9.29. The first-order valence-electron chi connectivity index (χ1n) is 4.80. The van der Waals surface area contributed by atoms with Crippen molar-refractivity contribution in [3.05, 3.63) is 35.9 Å². The van der Waals surface area contributed by atoms with Crippen LogP contribution in [0.4, 0.5) is 0 Å². The molecule has 0 spiro atoms. The second-order valence-corrected chi connectivity index (χ2v) is 3.41. The number of aliphatic hydroxyl groups is 2. The summed E-state index contributed by atoms with van der Waals surface area (Å²) >= 11 is 0. The van der Waals surface area contributed by atoms with Gasteiger partial charge in [0.15, 0.2) is 0 Å². The SMILES string of the molecule is C[C@H](NCc1ccccc1)[C@H](O)CO. The second-order valence-electron chi connectivity index (χ2n) is 3.41. The maximum atomic E-state index is 9.29. The molecule has 0 saturated carbocycles. The highest BCUT2D eigenvalue weighted by atomic mass is 16.3. The van der Waals surface area contributed by atoms with E-state index in [-0.39, 0.29) is 12.6 Å². The van der Waals surface area contributed by atoms with Gasteiger partial charge in [0.2, 0.25) is 0 Å². The summed E-state index contributed by atoms with van der Waals surface area (Å²) < 4.78 is 0. The summed E-state index contributed by atoms with van der Waals surface area (Å²) in [6, 6.07) is 9.86. The molecule has 0 fully saturated rings. The van der Waals surface area contributed by atoms with E-state index in [4.69, 9.17) is 5.11 Å². The van der Waals surface area contributed by atoms with Gasteiger partial charge in [0.1, 0.15) is 0 Å². The van der Waals surface area contributed by atoms with Gasteiger partial charge in [-0.25, -0.2) is 0 Å². The Morgan fingerprint density at radius 1 is 1.29 bits per heavy atom. The van der Waals surface area contributed by atoms with Crippen LogP contribution in [0.1, 0.15) is 12.5 Å². The van der Waals surface area contributed by atoms with Crippen LogP contribution in [0.5, 0.6) is 0 Å². The van der Waals surface area contributed by atoms with E-state index in [1.807, 2.05) is 37.3 Å². The summed E-state index contributed by atoms with van der Waals surface area (Å²) in [7, 11) is 0. The van der Waals surface area contributed by atoms with Crippen molar-refractivity contribution in [3.63, 3.8) is 0 Å². The molecule has 2 atom stereocenters. The molecule has 0 aliphatic carbocycles. The fourth-order valence-corrected chi connectivity index (χ4v) is 1.17. The van der Waals surface area contributed by atoms with Gasteiger partial charge < -0.3 is 15.5 Å². The molecule has 3 nitrogen and oxygen atoms in total. The van der Waals surface area contributed by atoms with E-state index in [0.717, 1.165) is 0 Å². The van der Waals surface area contributed by atoms with Crippen molar-refractivity contribution >= 4 is 0 Å². The maximum Gasteiger partial charge on any atom is 0.0920 e. The lowest BCUT2D eigenvalue weighted by Gasteiger charge is -2.18. The van der Waals surface area contributed by atoms with Crippen molar-refractivity contribution < 1.29 is 10.2 Å². The molecule has 3 N–H and O–H groups in total. The molecule has 0 amide bonds. The summed E-state index contributed by atoms with van der Waals surface area (Å²) in [4.78, 5) is 0. The second kappa shape index (κ2) is 5.75. The van der Waals surface area contributed by atoms with Gasteiger partial charge in [0.05, 0.1) is 12.7 Å². The van der Waals surface area contributed by atoms with Gasteiger partial charge in [-0.2, -0.15) is 0 Å². The number of rotatable bonds is 5. The summed E-state index contributed by atoms with van der Waals surface area (Å²) in [5.74, 6) is 0. The quantitative estimate of drug-likeness (QED) is 0.642. The number of nitrogens with one attached hydrogen (secondary N) is 1. The van der Waals surface area contributed by atoms with E-state index in [0.29, 0.717) is 6.54 Å². The van der Waals surface area contributed by atoms with Crippen LogP contribution in [0.2, 0.25) is 0 Å². The predicted molar refractivity (Wildman–Crippen MR) is 55.8 cm³/mol. The molecule has 1 aromatic rings. The molecule has 0 aliphatic heterocycles. The Hall–Kier alpha value is -0.900. The number of hydrogen-bond donors (Lipinski definition) is 3. The first-order valence-corrected chi connectivity index (χ1v) is 4.80. The van der Waals surface area contributed by atoms with Crippen LogP contribution in [0.25, 0.3) is 0 Å². The van der Waals surface area contributed by atoms with Crippen molar-refractivity contribution in [2.24, 2.45) is 0 Å². The Morgan fingerprint density at radius 3 is 2.50 bits per heavy atom. The van der Waals surface area contributed by atoms with E-state index in [1.165, 1.54) is 5.56 Å². The van der Waals surface area contributed by atoms with Crippen LogP contribution >= 0.6 is 0 Å². The minimum absolute atomic E-state index is 0.0970. The van der Waals surface area contributed by atoms with Crippen LogP contribution in [0.3, 0.4) is 0 Å².